The summed E-state index contributed by atoms with van der Waals surface area (Å²) in [6.45, 7) is 2.51. The number of hydrazine groups is 1. The summed E-state index contributed by atoms with van der Waals surface area (Å²) in [7, 11) is 2.74. The molecule has 0 saturated carbocycles. The van der Waals surface area contributed by atoms with E-state index < -0.39 is 23.8 Å². The summed E-state index contributed by atoms with van der Waals surface area (Å²) in [5.41, 5.74) is 7.35. The Hall–Kier alpha value is -2.87. The fourth-order valence-electron chi connectivity index (χ4n) is 2.88. The van der Waals surface area contributed by atoms with E-state index in [4.69, 9.17) is 4.74 Å². The van der Waals surface area contributed by atoms with Gasteiger partial charge in [0, 0.05) is 19.8 Å². The van der Waals surface area contributed by atoms with E-state index in [1.54, 1.807) is 6.08 Å². The summed E-state index contributed by atoms with van der Waals surface area (Å²) < 4.78 is 5.42. The van der Waals surface area contributed by atoms with E-state index in [1.165, 1.54) is 14.1 Å². The van der Waals surface area contributed by atoms with Crippen LogP contribution < -0.4 is 15.6 Å². The number of hydrogen-bond donors (Lipinski definition) is 2. The highest BCUT2D eigenvalue weighted by atomic mass is 16.5. The quantitative estimate of drug-likeness (QED) is 0.785. The van der Waals surface area contributed by atoms with E-state index >= 15 is 0 Å². The zero-order valence-electron chi connectivity index (χ0n) is 14.3. The normalized spacial score (nSPS) is 21.5. The van der Waals surface area contributed by atoms with Gasteiger partial charge < -0.3 is 10.2 Å². The van der Waals surface area contributed by atoms with E-state index in [2.05, 4.69) is 10.9 Å². The van der Waals surface area contributed by atoms with Gasteiger partial charge in [-0.3, -0.25) is 19.4 Å². The van der Waals surface area contributed by atoms with E-state index in [9.17, 15) is 14.4 Å². The SMILES string of the molecule is CCOc1ccc([C@H]2C=C(C3C(=O)N(C)C(=O)N(C)C3=O)NN2)cc1. The second kappa shape index (κ2) is 6.56. The van der Waals surface area contributed by atoms with Gasteiger partial charge >= 0.3 is 6.03 Å². The Morgan fingerprint density at radius 2 is 1.64 bits per heavy atom. The summed E-state index contributed by atoms with van der Waals surface area (Å²) in [6.07, 6.45) is 1.79. The van der Waals surface area contributed by atoms with Gasteiger partial charge in [-0.15, -0.1) is 0 Å². The number of benzene rings is 1. The van der Waals surface area contributed by atoms with Crippen molar-refractivity contribution in [2.24, 2.45) is 5.92 Å². The summed E-state index contributed by atoms with van der Waals surface area (Å²) in [5, 5.41) is 0. The molecule has 4 amide bonds. The second-order valence-electron chi connectivity index (χ2n) is 5.88. The van der Waals surface area contributed by atoms with Gasteiger partial charge in [0.1, 0.15) is 5.75 Å². The molecule has 0 bridgehead atoms. The number of ether oxygens (including phenoxy) is 1. The molecule has 2 N–H and O–H groups in total. The second-order valence-corrected chi connectivity index (χ2v) is 5.88. The number of nitrogens with zero attached hydrogens (tertiary/aromatic N) is 2. The van der Waals surface area contributed by atoms with Gasteiger partial charge in [-0.25, -0.2) is 10.2 Å². The number of amides is 4. The Kier molecular flexibility index (Phi) is 4.45. The van der Waals surface area contributed by atoms with Crippen LogP contribution in [0.4, 0.5) is 4.79 Å². The predicted molar refractivity (Wildman–Crippen MR) is 89.1 cm³/mol. The Morgan fingerprint density at radius 3 is 2.20 bits per heavy atom. The van der Waals surface area contributed by atoms with E-state index in [1.807, 2.05) is 31.2 Å². The van der Waals surface area contributed by atoms with Crippen LogP contribution in [0.5, 0.6) is 5.75 Å². The molecule has 1 atom stereocenters. The van der Waals surface area contributed by atoms with Crippen LogP contribution in [-0.4, -0.2) is 48.3 Å². The molecular weight excluding hydrogens is 324 g/mol. The predicted octanol–water partition coefficient (Wildman–Crippen LogP) is 0.785. The third kappa shape index (κ3) is 2.96. The first-order valence-corrected chi connectivity index (χ1v) is 7.99. The lowest BCUT2D eigenvalue weighted by molar-refractivity contribution is -0.145. The van der Waals surface area contributed by atoms with Crippen LogP contribution in [-0.2, 0) is 9.59 Å². The van der Waals surface area contributed by atoms with Crippen molar-refractivity contribution in [1.82, 2.24) is 20.7 Å². The molecule has 1 aromatic carbocycles. The molecule has 0 spiro atoms. The van der Waals surface area contributed by atoms with Gasteiger partial charge in [0.15, 0.2) is 5.92 Å². The molecule has 2 aliphatic heterocycles. The fraction of sp³-hybridized carbons (Fsp3) is 0.353. The van der Waals surface area contributed by atoms with Crippen molar-refractivity contribution < 1.29 is 19.1 Å². The molecule has 1 saturated heterocycles. The van der Waals surface area contributed by atoms with Crippen molar-refractivity contribution in [2.75, 3.05) is 20.7 Å². The molecule has 2 aliphatic rings. The van der Waals surface area contributed by atoms with E-state index in [0.717, 1.165) is 21.1 Å². The van der Waals surface area contributed by atoms with Gasteiger partial charge in [0.05, 0.1) is 12.6 Å². The zero-order chi connectivity index (χ0) is 18.1. The smallest absolute Gasteiger partial charge is 0.332 e. The lowest BCUT2D eigenvalue weighted by Gasteiger charge is -2.33. The maximum atomic E-state index is 12.4. The molecule has 0 aliphatic carbocycles. The van der Waals surface area contributed by atoms with Gasteiger partial charge in [0.2, 0.25) is 11.8 Å². The molecule has 2 heterocycles. The molecule has 8 nitrogen and oxygen atoms in total. The van der Waals surface area contributed by atoms with Crippen LogP contribution in [0.2, 0.25) is 0 Å². The molecule has 8 heteroatoms. The lowest BCUT2D eigenvalue weighted by Crippen LogP contribution is -2.58. The van der Waals surface area contributed by atoms with Gasteiger partial charge in [-0.1, -0.05) is 12.1 Å². The number of rotatable bonds is 4. The van der Waals surface area contributed by atoms with Crippen molar-refractivity contribution in [3.63, 3.8) is 0 Å². The standard InChI is InChI=1S/C17H20N4O4/c1-4-25-11-7-5-10(6-8-11)12-9-13(19-18-12)14-15(22)20(2)17(24)21(3)16(14)23/h5-9,12,14,18-19H,4H2,1-3H3/t12-/m1/s1. The lowest BCUT2D eigenvalue weighted by atomic mass is 9.98. The molecule has 0 radical (unpaired) electrons. The molecule has 1 aromatic rings. The summed E-state index contributed by atoms with van der Waals surface area (Å²) in [4.78, 5) is 38.5. The van der Waals surface area contributed by atoms with Gasteiger partial charge in [0.25, 0.3) is 0 Å². The molecule has 0 aromatic heterocycles. The highest BCUT2D eigenvalue weighted by molar-refractivity contribution is 6.17. The Balaban J connectivity index is 1.82. The van der Waals surface area contributed by atoms with Crippen LogP contribution >= 0.6 is 0 Å². The summed E-state index contributed by atoms with van der Waals surface area (Å²) in [6, 6.07) is 6.74. The van der Waals surface area contributed by atoms with Gasteiger partial charge in [-0.05, 0) is 30.7 Å². The maximum absolute atomic E-state index is 12.4. The number of barbiturate groups is 1. The number of hydrogen-bond acceptors (Lipinski definition) is 6. The van der Waals surface area contributed by atoms with Crippen molar-refractivity contribution >= 4 is 17.8 Å². The minimum atomic E-state index is -1.05. The van der Waals surface area contributed by atoms with Gasteiger partial charge in [-0.2, -0.15) is 0 Å². The molecule has 3 rings (SSSR count). The molecule has 1 fully saturated rings. The first-order chi connectivity index (χ1) is 11.9. The third-order valence-electron chi connectivity index (χ3n) is 4.31. The van der Waals surface area contributed by atoms with Crippen LogP contribution in [0.25, 0.3) is 0 Å². The first kappa shape index (κ1) is 17.0. The van der Waals surface area contributed by atoms with E-state index in [-0.39, 0.29) is 6.04 Å². The molecular formula is C17H20N4O4. The zero-order valence-corrected chi connectivity index (χ0v) is 14.3. The third-order valence-corrected chi connectivity index (χ3v) is 4.31. The largest absolute Gasteiger partial charge is 0.494 e. The highest BCUT2D eigenvalue weighted by Gasteiger charge is 2.45. The number of carbonyl (C=O) groups is 3. The molecule has 25 heavy (non-hydrogen) atoms. The average molecular weight is 344 g/mol. The summed E-state index contributed by atoms with van der Waals surface area (Å²) in [5.74, 6) is -1.35. The summed E-state index contributed by atoms with van der Waals surface area (Å²) >= 11 is 0. The van der Waals surface area contributed by atoms with Crippen LogP contribution in [0.15, 0.2) is 36.0 Å². The van der Waals surface area contributed by atoms with Crippen molar-refractivity contribution in [3.8, 4) is 5.75 Å². The van der Waals surface area contributed by atoms with Crippen LogP contribution in [0.1, 0.15) is 18.5 Å². The van der Waals surface area contributed by atoms with E-state index in [0.29, 0.717) is 12.3 Å². The van der Waals surface area contributed by atoms with Crippen LogP contribution in [0.3, 0.4) is 0 Å². The Labute approximate surface area is 145 Å². The van der Waals surface area contributed by atoms with Crippen molar-refractivity contribution in [2.45, 2.75) is 13.0 Å². The number of nitrogens with one attached hydrogen (secondary N) is 2. The molecule has 132 valence electrons. The average Bonchev–Trinajstić information content (AvgIpc) is 3.09. The maximum Gasteiger partial charge on any atom is 0.332 e. The Bertz CT molecular complexity index is 720. The Morgan fingerprint density at radius 1 is 1.04 bits per heavy atom. The minimum absolute atomic E-state index is 0.195. The number of carbonyl (C=O) groups excluding carboxylic acids is 3. The topological polar surface area (TPSA) is 91.0 Å². The molecule has 0 unspecified atom stereocenters. The number of urea groups is 1. The first-order valence-electron chi connectivity index (χ1n) is 7.99. The van der Waals surface area contributed by atoms with Crippen LogP contribution in [0, 0.1) is 5.92 Å². The van der Waals surface area contributed by atoms with Crippen molar-refractivity contribution in [3.05, 3.63) is 41.6 Å². The monoisotopic (exact) mass is 344 g/mol. The minimum Gasteiger partial charge on any atom is -0.494 e. The fourth-order valence-corrected chi connectivity index (χ4v) is 2.88. The number of imide groups is 2. The van der Waals surface area contributed by atoms with Crippen molar-refractivity contribution in [1.29, 1.82) is 0 Å². The highest BCUT2D eigenvalue weighted by Crippen LogP contribution is 2.28.